The molecule has 3 rings (SSSR count). The van der Waals surface area contributed by atoms with Crippen LogP contribution >= 0.6 is 0 Å². The van der Waals surface area contributed by atoms with E-state index in [0.29, 0.717) is 30.6 Å². The molecular formula is C34H50N2O6Si. The second-order valence-electron chi connectivity index (χ2n) is 13.3. The summed E-state index contributed by atoms with van der Waals surface area (Å²) in [5, 5.41) is 3.73. The maximum absolute atomic E-state index is 13.3. The third-order valence-electron chi connectivity index (χ3n) is 8.42. The fourth-order valence-corrected chi connectivity index (χ4v) is 7.10. The van der Waals surface area contributed by atoms with Crippen molar-refractivity contribution >= 4 is 31.3 Å². The Morgan fingerprint density at radius 2 is 1.65 bits per heavy atom. The van der Waals surface area contributed by atoms with Gasteiger partial charge in [-0.15, -0.1) is 0 Å². The van der Waals surface area contributed by atoms with E-state index in [-0.39, 0.29) is 18.2 Å². The molecule has 1 amide bonds. The summed E-state index contributed by atoms with van der Waals surface area (Å²) < 4.78 is 25.8. The van der Waals surface area contributed by atoms with Crippen LogP contribution in [0.1, 0.15) is 77.5 Å². The monoisotopic (exact) mass is 610 g/mol. The van der Waals surface area contributed by atoms with Crippen molar-refractivity contribution in [2.75, 3.05) is 19.8 Å². The lowest BCUT2D eigenvalue weighted by atomic mass is 9.99. The number of nitrogens with zero attached hydrogens (tertiary/aromatic N) is 1. The molecular weight excluding hydrogens is 560 g/mol. The van der Waals surface area contributed by atoms with E-state index >= 15 is 0 Å². The molecule has 9 heteroatoms. The van der Waals surface area contributed by atoms with Crippen molar-refractivity contribution in [2.24, 2.45) is 5.92 Å². The van der Waals surface area contributed by atoms with E-state index in [2.05, 4.69) is 46.1 Å². The number of fused-ring (bicyclic) bond motifs is 1. The highest BCUT2D eigenvalue weighted by Gasteiger charge is 2.43. The lowest BCUT2D eigenvalue weighted by Crippen LogP contribution is -2.47. The summed E-state index contributed by atoms with van der Waals surface area (Å²) in [6.07, 6.45) is -0.526. The number of carbonyl (C=O) groups excluding carboxylic acids is 2. The molecule has 0 saturated carbocycles. The van der Waals surface area contributed by atoms with Crippen LogP contribution in [0, 0.1) is 5.92 Å². The minimum atomic E-state index is -2.24. The van der Waals surface area contributed by atoms with E-state index < -0.39 is 32.0 Å². The zero-order valence-corrected chi connectivity index (χ0v) is 28.6. The Kier molecular flexibility index (Phi) is 11.1. The highest BCUT2D eigenvalue weighted by Crippen LogP contribution is 2.45. The molecule has 0 spiro atoms. The Labute approximate surface area is 258 Å². The lowest BCUT2D eigenvalue weighted by molar-refractivity contribution is 0.0505. The number of ether oxygens (including phenoxy) is 3. The molecule has 0 aliphatic rings. The van der Waals surface area contributed by atoms with Gasteiger partial charge in [0, 0.05) is 17.4 Å². The number of hydrogen-bond acceptors (Lipinski definition) is 6. The van der Waals surface area contributed by atoms with E-state index in [1.165, 1.54) is 0 Å². The predicted molar refractivity (Wildman–Crippen MR) is 174 cm³/mol. The zero-order valence-electron chi connectivity index (χ0n) is 27.6. The van der Waals surface area contributed by atoms with Crippen LogP contribution < -0.4 is 10.1 Å². The Morgan fingerprint density at radius 1 is 0.977 bits per heavy atom. The summed E-state index contributed by atoms with van der Waals surface area (Å²) >= 11 is 0. The van der Waals surface area contributed by atoms with Gasteiger partial charge in [-0.05, 0) is 81.6 Å². The smallest absolute Gasteiger partial charge is 0.407 e. The minimum Gasteiger partial charge on any atom is -0.489 e. The average Bonchev–Trinajstić information content (AvgIpc) is 3.30. The number of carbonyl (C=O) groups is 2. The molecule has 8 nitrogen and oxygen atoms in total. The van der Waals surface area contributed by atoms with Crippen LogP contribution in [0.15, 0.2) is 54.6 Å². The molecule has 2 aromatic carbocycles. The van der Waals surface area contributed by atoms with Crippen LogP contribution in [0.2, 0.25) is 18.1 Å². The Morgan fingerprint density at radius 3 is 2.26 bits per heavy atom. The number of aromatic nitrogens is 1. The molecule has 0 radical (unpaired) electrons. The van der Waals surface area contributed by atoms with Gasteiger partial charge in [0.15, 0.2) is 8.32 Å². The normalized spacial score (nSPS) is 13.2. The highest BCUT2D eigenvalue weighted by atomic mass is 28.4. The fourth-order valence-electron chi connectivity index (χ4n) is 4.73. The van der Waals surface area contributed by atoms with Crippen LogP contribution in [-0.2, 0) is 20.5 Å². The van der Waals surface area contributed by atoms with Gasteiger partial charge in [-0.2, -0.15) is 0 Å². The fraction of sp³-hybridized carbons (Fsp3) is 0.529. The molecule has 1 N–H and O–H groups in total. The van der Waals surface area contributed by atoms with Gasteiger partial charge in [-0.3, -0.25) is 0 Å². The van der Waals surface area contributed by atoms with Crippen molar-refractivity contribution in [3.05, 3.63) is 65.9 Å². The first-order valence-corrected chi connectivity index (χ1v) is 18.1. The zero-order chi connectivity index (χ0) is 32.0. The predicted octanol–water partition coefficient (Wildman–Crippen LogP) is 8.12. The molecule has 1 heterocycles. The van der Waals surface area contributed by atoms with E-state index in [1.807, 2.05) is 79.9 Å². The largest absolute Gasteiger partial charge is 0.489 e. The molecule has 236 valence electrons. The Balaban J connectivity index is 2.02. The lowest BCUT2D eigenvalue weighted by Gasteiger charge is -2.43. The summed E-state index contributed by atoms with van der Waals surface area (Å²) in [6.45, 7) is 21.8. The number of esters is 1. The summed E-state index contributed by atoms with van der Waals surface area (Å²) in [7, 11) is -2.24. The number of rotatable bonds is 13. The van der Waals surface area contributed by atoms with Crippen molar-refractivity contribution < 1.29 is 28.2 Å². The van der Waals surface area contributed by atoms with Gasteiger partial charge in [-0.1, -0.05) is 58.0 Å². The van der Waals surface area contributed by atoms with E-state index in [1.54, 1.807) is 6.92 Å². The number of amides is 1. The first-order chi connectivity index (χ1) is 20.1. The molecule has 0 unspecified atom stereocenters. The molecule has 1 aromatic heterocycles. The summed E-state index contributed by atoms with van der Waals surface area (Å²) in [6, 6.07) is 17.2. The first-order valence-electron chi connectivity index (χ1n) is 15.2. The molecule has 0 fully saturated rings. The number of hydrogen-bond donors (Lipinski definition) is 1. The SMILES string of the molecule is CCOC(=O)c1cc2cc(OCc3ccccc3)ccc2n1[C@@H](CNC(=O)OC(C)(C)C)CO[Si](C)(C)C(C)(C)C(C)C. The van der Waals surface area contributed by atoms with Gasteiger partial charge in [-0.25, -0.2) is 9.59 Å². The van der Waals surface area contributed by atoms with Crippen molar-refractivity contribution in [1.29, 1.82) is 0 Å². The minimum absolute atomic E-state index is 0.0101. The molecule has 3 aromatic rings. The van der Waals surface area contributed by atoms with E-state index in [4.69, 9.17) is 18.6 Å². The van der Waals surface area contributed by atoms with Crippen LogP contribution in [0.25, 0.3) is 10.9 Å². The summed E-state index contributed by atoms with van der Waals surface area (Å²) in [5.74, 6) is 0.673. The van der Waals surface area contributed by atoms with Gasteiger partial charge < -0.3 is 28.5 Å². The quantitative estimate of drug-likeness (QED) is 0.155. The van der Waals surface area contributed by atoms with Crippen LogP contribution in [0.5, 0.6) is 5.75 Å². The summed E-state index contributed by atoms with van der Waals surface area (Å²) in [4.78, 5) is 26.0. The summed E-state index contributed by atoms with van der Waals surface area (Å²) in [5.41, 5.74) is 1.63. The maximum Gasteiger partial charge on any atom is 0.407 e. The third kappa shape index (κ3) is 8.86. The molecule has 1 atom stereocenters. The number of benzene rings is 2. The van der Waals surface area contributed by atoms with Gasteiger partial charge in [0.2, 0.25) is 0 Å². The molecule has 0 aliphatic carbocycles. The first kappa shape index (κ1) is 34.2. The van der Waals surface area contributed by atoms with Gasteiger partial charge in [0.25, 0.3) is 0 Å². The van der Waals surface area contributed by atoms with Gasteiger partial charge >= 0.3 is 12.1 Å². The van der Waals surface area contributed by atoms with Crippen LogP contribution in [0.3, 0.4) is 0 Å². The van der Waals surface area contributed by atoms with Gasteiger partial charge in [0.1, 0.15) is 23.7 Å². The van der Waals surface area contributed by atoms with Crippen molar-refractivity contribution in [2.45, 2.75) is 91.8 Å². The van der Waals surface area contributed by atoms with Crippen molar-refractivity contribution in [3.8, 4) is 5.75 Å². The number of alkyl carbamates (subject to hydrolysis) is 1. The Bertz CT molecular complexity index is 1370. The molecule has 43 heavy (non-hydrogen) atoms. The third-order valence-corrected chi connectivity index (χ3v) is 13.0. The number of nitrogens with one attached hydrogen (secondary N) is 1. The molecule has 0 bridgehead atoms. The second kappa shape index (κ2) is 14.0. The van der Waals surface area contributed by atoms with Crippen LogP contribution in [0.4, 0.5) is 4.79 Å². The highest BCUT2D eigenvalue weighted by molar-refractivity contribution is 6.74. The van der Waals surface area contributed by atoms with E-state index in [0.717, 1.165) is 16.5 Å². The maximum atomic E-state index is 13.3. The molecule has 0 aliphatic heterocycles. The van der Waals surface area contributed by atoms with Crippen molar-refractivity contribution in [3.63, 3.8) is 0 Å². The topological polar surface area (TPSA) is 88.0 Å². The molecule has 0 saturated heterocycles. The second-order valence-corrected chi connectivity index (χ2v) is 17.9. The van der Waals surface area contributed by atoms with Gasteiger partial charge in [0.05, 0.1) is 19.3 Å². The van der Waals surface area contributed by atoms with E-state index in [9.17, 15) is 9.59 Å². The Hall–Kier alpha value is -3.30. The van der Waals surface area contributed by atoms with Crippen molar-refractivity contribution in [1.82, 2.24) is 9.88 Å². The van der Waals surface area contributed by atoms with Crippen LogP contribution in [-0.4, -0.2) is 50.3 Å². The average molecular weight is 611 g/mol. The standard InChI is InChI=1S/C34H50N2O6Si/c1-11-39-31(37)30-20-26-19-28(40-22-25-15-13-12-14-16-25)17-18-29(26)36(30)27(21-35-32(38)42-33(4,5)6)23-41-43(9,10)34(7,8)24(2)3/h12-20,24,27H,11,21-23H2,1-10H3,(H,35,38)/t27-/m0/s1.